The number of ketones is 1. The standard InChI is InChI=1S/C21H20N2O4S/c1-4-10-26-17-7-5-16(6-8-17)20(25)27-13-19(24)18-12-14(2)23(15(18)3)21-22-9-11-28-21/h4-9,11-12H,1,10,13H2,2-3H3. The maximum absolute atomic E-state index is 12.6. The number of ether oxygens (including phenoxy) is 2. The number of esters is 1. The van der Waals surface area contributed by atoms with E-state index in [2.05, 4.69) is 11.6 Å². The van der Waals surface area contributed by atoms with Gasteiger partial charge in [0.05, 0.1) is 5.56 Å². The van der Waals surface area contributed by atoms with E-state index in [1.165, 1.54) is 11.3 Å². The average molecular weight is 396 g/mol. The first-order valence-electron chi connectivity index (χ1n) is 8.64. The topological polar surface area (TPSA) is 70.4 Å². The average Bonchev–Trinajstić information content (AvgIpc) is 3.32. The highest BCUT2D eigenvalue weighted by Gasteiger charge is 2.19. The van der Waals surface area contributed by atoms with Gasteiger partial charge in [0.1, 0.15) is 12.4 Å². The lowest BCUT2D eigenvalue weighted by Gasteiger charge is -2.07. The van der Waals surface area contributed by atoms with Crippen molar-refractivity contribution in [3.05, 3.63) is 77.1 Å². The minimum atomic E-state index is -0.558. The molecule has 0 bridgehead atoms. The predicted octanol–water partition coefficient (Wildman–Crippen LogP) is 4.16. The van der Waals surface area contributed by atoms with Gasteiger partial charge in [0.2, 0.25) is 5.78 Å². The number of thiazole rings is 1. The van der Waals surface area contributed by atoms with E-state index in [1.807, 2.05) is 23.8 Å². The summed E-state index contributed by atoms with van der Waals surface area (Å²) in [6, 6.07) is 8.32. The van der Waals surface area contributed by atoms with Crippen molar-refractivity contribution in [2.24, 2.45) is 0 Å². The van der Waals surface area contributed by atoms with Gasteiger partial charge in [0, 0.05) is 28.5 Å². The summed E-state index contributed by atoms with van der Waals surface area (Å²) >= 11 is 1.49. The van der Waals surface area contributed by atoms with E-state index in [0.717, 1.165) is 16.5 Å². The summed E-state index contributed by atoms with van der Waals surface area (Å²) < 4.78 is 12.5. The number of aryl methyl sites for hydroxylation is 1. The monoisotopic (exact) mass is 396 g/mol. The largest absolute Gasteiger partial charge is 0.490 e. The maximum atomic E-state index is 12.6. The number of carbonyl (C=O) groups excluding carboxylic acids is 2. The number of hydrogen-bond acceptors (Lipinski definition) is 6. The second kappa shape index (κ2) is 8.67. The molecule has 0 fully saturated rings. The molecule has 0 radical (unpaired) electrons. The molecular formula is C21H20N2O4S. The van der Waals surface area contributed by atoms with Crippen LogP contribution in [-0.4, -0.2) is 34.5 Å². The number of rotatable bonds is 8. The quantitative estimate of drug-likeness (QED) is 0.325. The van der Waals surface area contributed by atoms with E-state index >= 15 is 0 Å². The van der Waals surface area contributed by atoms with Crippen LogP contribution in [-0.2, 0) is 4.74 Å². The molecule has 2 heterocycles. The summed E-state index contributed by atoms with van der Waals surface area (Å²) in [6.07, 6.45) is 3.36. The van der Waals surface area contributed by atoms with Gasteiger partial charge >= 0.3 is 5.97 Å². The maximum Gasteiger partial charge on any atom is 0.338 e. The highest BCUT2D eigenvalue weighted by Crippen LogP contribution is 2.22. The van der Waals surface area contributed by atoms with E-state index in [0.29, 0.717) is 23.5 Å². The predicted molar refractivity (Wildman–Crippen MR) is 108 cm³/mol. The van der Waals surface area contributed by atoms with Crippen molar-refractivity contribution in [1.29, 1.82) is 0 Å². The van der Waals surface area contributed by atoms with Crippen molar-refractivity contribution in [3.8, 4) is 10.9 Å². The number of benzene rings is 1. The van der Waals surface area contributed by atoms with Gasteiger partial charge in [-0.2, -0.15) is 0 Å². The van der Waals surface area contributed by atoms with Gasteiger partial charge in [-0.3, -0.25) is 9.36 Å². The molecule has 0 unspecified atom stereocenters. The summed E-state index contributed by atoms with van der Waals surface area (Å²) in [6.45, 7) is 7.40. The molecule has 0 atom stereocenters. The third kappa shape index (κ3) is 4.20. The summed E-state index contributed by atoms with van der Waals surface area (Å²) in [4.78, 5) is 29.1. The second-order valence-electron chi connectivity index (χ2n) is 6.06. The number of carbonyl (C=O) groups is 2. The zero-order valence-corrected chi connectivity index (χ0v) is 16.5. The minimum Gasteiger partial charge on any atom is -0.490 e. The van der Waals surface area contributed by atoms with Crippen LogP contribution in [0.5, 0.6) is 5.75 Å². The second-order valence-corrected chi connectivity index (χ2v) is 6.93. The first-order valence-corrected chi connectivity index (χ1v) is 9.52. The van der Waals surface area contributed by atoms with E-state index in [-0.39, 0.29) is 12.4 Å². The first kappa shape index (κ1) is 19.6. The first-order chi connectivity index (χ1) is 13.5. The van der Waals surface area contributed by atoms with E-state index < -0.39 is 5.97 Å². The third-order valence-corrected chi connectivity index (χ3v) is 4.89. The fourth-order valence-electron chi connectivity index (χ4n) is 2.80. The van der Waals surface area contributed by atoms with Crippen molar-refractivity contribution in [3.63, 3.8) is 0 Å². The molecule has 2 aromatic heterocycles. The SMILES string of the molecule is C=CCOc1ccc(C(=O)OCC(=O)c2cc(C)n(-c3nccs3)c2C)cc1. The Morgan fingerprint density at radius 3 is 2.64 bits per heavy atom. The van der Waals surface area contributed by atoms with Crippen molar-refractivity contribution in [2.75, 3.05) is 13.2 Å². The highest BCUT2D eigenvalue weighted by molar-refractivity contribution is 7.12. The Labute approximate surface area is 167 Å². The number of aromatic nitrogens is 2. The third-order valence-electron chi connectivity index (χ3n) is 4.13. The Balaban J connectivity index is 1.65. The molecule has 0 saturated carbocycles. The van der Waals surface area contributed by atoms with Crippen LogP contribution in [0, 0.1) is 13.8 Å². The Hall–Kier alpha value is -3.19. The number of hydrogen-bond donors (Lipinski definition) is 0. The van der Waals surface area contributed by atoms with Crippen molar-refractivity contribution < 1.29 is 19.1 Å². The molecule has 0 spiro atoms. The lowest BCUT2D eigenvalue weighted by atomic mass is 10.1. The molecule has 6 nitrogen and oxygen atoms in total. The molecule has 0 saturated heterocycles. The molecule has 144 valence electrons. The zero-order valence-electron chi connectivity index (χ0n) is 15.7. The van der Waals surface area contributed by atoms with Crippen LogP contribution >= 0.6 is 11.3 Å². The lowest BCUT2D eigenvalue weighted by molar-refractivity contribution is 0.0474. The van der Waals surface area contributed by atoms with E-state index in [4.69, 9.17) is 9.47 Å². The molecule has 3 aromatic rings. The molecule has 0 aliphatic carbocycles. The van der Waals surface area contributed by atoms with Gasteiger partial charge in [-0.15, -0.1) is 11.3 Å². The molecule has 7 heteroatoms. The Bertz CT molecular complexity index is 988. The van der Waals surface area contributed by atoms with Crippen molar-refractivity contribution in [1.82, 2.24) is 9.55 Å². The van der Waals surface area contributed by atoms with Crippen LogP contribution in [0.4, 0.5) is 0 Å². The van der Waals surface area contributed by atoms with Gasteiger partial charge in [0.15, 0.2) is 11.7 Å². The summed E-state index contributed by atoms with van der Waals surface area (Å²) in [7, 11) is 0. The van der Waals surface area contributed by atoms with Crippen LogP contribution in [0.2, 0.25) is 0 Å². The van der Waals surface area contributed by atoms with Crippen LogP contribution in [0.3, 0.4) is 0 Å². The van der Waals surface area contributed by atoms with Gasteiger partial charge in [-0.1, -0.05) is 12.7 Å². The fraction of sp³-hybridized carbons (Fsp3) is 0.190. The Morgan fingerprint density at radius 2 is 2.00 bits per heavy atom. The van der Waals surface area contributed by atoms with E-state index in [1.54, 1.807) is 42.6 Å². The molecule has 0 aliphatic rings. The highest BCUT2D eigenvalue weighted by atomic mass is 32.1. The fourth-order valence-corrected chi connectivity index (χ4v) is 3.55. The normalized spacial score (nSPS) is 10.5. The van der Waals surface area contributed by atoms with Crippen LogP contribution in [0.1, 0.15) is 32.1 Å². The van der Waals surface area contributed by atoms with Crippen molar-refractivity contribution in [2.45, 2.75) is 13.8 Å². The molecule has 28 heavy (non-hydrogen) atoms. The van der Waals surface area contributed by atoms with Crippen LogP contribution in [0.15, 0.2) is 54.6 Å². The van der Waals surface area contributed by atoms with Gasteiger partial charge in [0.25, 0.3) is 0 Å². The van der Waals surface area contributed by atoms with Gasteiger partial charge < -0.3 is 9.47 Å². The lowest BCUT2D eigenvalue weighted by Crippen LogP contribution is -2.15. The summed E-state index contributed by atoms with van der Waals surface area (Å²) in [5.74, 6) is -0.185. The van der Waals surface area contributed by atoms with Gasteiger partial charge in [-0.25, -0.2) is 9.78 Å². The van der Waals surface area contributed by atoms with Crippen LogP contribution in [0.25, 0.3) is 5.13 Å². The van der Waals surface area contributed by atoms with Gasteiger partial charge in [-0.05, 0) is 44.2 Å². The summed E-state index contributed by atoms with van der Waals surface area (Å²) in [5, 5.41) is 2.68. The van der Waals surface area contributed by atoms with Crippen molar-refractivity contribution >= 4 is 23.1 Å². The molecular weight excluding hydrogens is 376 g/mol. The Morgan fingerprint density at radius 1 is 1.25 bits per heavy atom. The minimum absolute atomic E-state index is 0.254. The molecule has 0 aliphatic heterocycles. The molecule has 0 amide bonds. The van der Waals surface area contributed by atoms with E-state index in [9.17, 15) is 9.59 Å². The Kier molecular flexibility index (Phi) is 6.06. The molecule has 1 aromatic carbocycles. The number of Topliss-reactive ketones (excluding diaryl/α,β-unsaturated/α-hetero) is 1. The summed E-state index contributed by atoms with van der Waals surface area (Å²) in [5.41, 5.74) is 2.55. The molecule has 0 N–H and O–H groups in total. The smallest absolute Gasteiger partial charge is 0.338 e. The number of nitrogens with zero attached hydrogens (tertiary/aromatic N) is 2. The zero-order chi connectivity index (χ0) is 20.1. The van der Waals surface area contributed by atoms with Crippen LogP contribution < -0.4 is 4.74 Å². The molecule has 3 rings (SSSR count).